The Morgan fingerprint density at radius 1 is 1.07 bits per heavy atom. The lowest BCUT2D eigenvalue weighted by atomic mass is 10.7. The van der Waals surface area contributed by atoms with E-state index in [1.165, 1.54) is 13.8 Å². The zero-order valence-corrected chi connectivity index (χ0v) is 9.48. The topological polar surface area (TPSA) is 80.7 Å². The summed E-state index contributed by atoms with van der Waals surface area (Å²) in [6, 6.07) is 0. The molecule has 0 rings (SSSR count). The van der Waals surface area contributed by atoms with Gasteiger partial charge in [0.25, 0.3) is 3.79 Å². The Bertz CT molecular complexity index is 220. The van der Waals surface area contributed by atoms with Gasteiger partial charge in [-0.2, -0.15) is 0 Å². The fourth-order valence-electron chi connectivity index (χ4n) is 0.202. The van der Waals surface area contributed by atoms with Crippen LogP contribution in [0.25, 0.3) is 0 Å². The van der Waals surface area contributed by atoms with Gasteiger partial charge in [0.05, 0.1) is 0 Å². The highest BCUT2D eigenvalue weighted by atomic mass is 35.6. The van der Waals surface area contributed by atoms with Crippen molar-refractivity contribution in [1.29, 1.82) is 0 Å². The summed E-state index contributed by atoms with van der Waals surface area (Å²) in [4.78, 5) is 29.2. The van der Waals surface area contributed by atoms with E-state index >= 15 is 0 Å². The molecule has 8 heteroatoms. The summed E-state index contributed by atoms with van der Waals surface area (Å²) in [7, 11) is 0. The van der Waals surface area contributed by atoms with Gasteiger partial charge in [-0.05, 0) is 0 Å². The predicted molar refractivity (Wildman–Crippen MR) is 50.4 cm³/mol. The van der Waals surface area contributed by atoms with Crippen molar-refractivity contribution in [2.75, 3.05) is 0 Å². The molecule has 0 heterocycles. The van der Waals surface area contributed by atoms with Crippen molar-refractivity contribution < 1.29 is 24.2 Å². The van der Waals surface area contributed by atoms with Crippen LogP contribution in [0.4, 0.5) is 0 Å². The minimum Gasteiger partial charge on any atom is -0.478 e. The van der Waals surface area contributed by atoms with Crippen molar-refractivity contribution >= 4 is 52.7 Å². The van der Waals surface area contributed by atoms with Gasteiger partial charge in [0.2, 0.25) is 0 Å². The van der Waals surface area contributed by atoms with E-state index in [0.29, 0.717) is 0 Å². The van der Waals surface area contributed by atoms with E-state index in [0.717, 1.165) is 0 Å². The number of halogens is 3. The van der Waals surface area contributed by atoms with Crippen molar-refractivity contribution in [3.05, 3.63) is 0 Å². The third-order valence-electron chi connectivity index (χ3n) is 0.530. The van der Waals surface area contributed by atoms with Crippen LogP contribution in [0.3, 0.4) is 0 Å². The highest BCUT2D eigenvalue weighted by Gasteiger charge is 2.29. The van der Waals surface area contributed by atoms with Crippen LogP contribution in [0, 0.1) is 0 Å². The molecule has 0 bridgehead atoms. The first-order chi connectivity index (χ1) is 6.07. The molecule has 0 aromatic carbocycles. The first-order valence-corrected chi connectivity index (χ1v) is 4.20. The lowest BCUT2D eigenvalue weighted by molar-refractivity contribution is -0.156. The second-order valence-electron chi connectivity index (χ2n) is 1.89. The summed E-state index contributed by atoms with van der Waals surface area (Å²) in [5.74, 6) is -2.59. The van der Waals surface area contributed by atoms with Crippen LogP contribution in [-0.4, -0.2) is 26.8 Å². The average molecular weight is 265 g/mol. The summed E-state index contributed by atoms with van der Waals surface area (Å²) in [5, 5.41) is 7.85. The number of hydrogen-bond acceptors (Lipinski definition) is 4. The Kier molecular flexibility index (Phi) is 7.81. The molecule has 0 aliphatic rings. The molecule has 0 aromatic rings. The molecule has 0 fully saturated rings. The standard InChI is InChI=1S/C4H6O3.C2HCl3O2/c1-3(5)7-4(2)6;3-2(4,5)1(6)7/h1-2H3;(H,6,7). The third kappa shape index (κ3) is 14.0. The number of carbonyl (C=O) groups is 3. The summed E-state index contributed by atoms with van der Waals surface area (Å²) in [6.07, 6.45) is 0. The van der Waals surface area contributed by atoms with Gasteiger partial charge in [-0.1, -0.05) is 34.8 Å². The van der Waals surface area contributed by atoms with Crippen molar-refractivity contribution in [3.8, 4) is 0 Å². The van der Waals surface area contributed by atoms with E-state index in [1.807, 2.05) is 0 Å². The average Bonchev–Trinajstić information content (AvgIpc) is 1.81. The van der Waals surface area contributed by atoms with Crippen molar-refractivity contribution in [3.63, 3.8) is 0 Å². The molecular weight excluding hydrogens is 258 g/mol. The second kappa shape index (κ2) is 6.86. The second-order valence-corrected chi connectivity index (χ2v) is 4.17. The van der Waals surface area contributed by atoms with Gasteiger partial charge in [-0.25, -0.2) is 4.79 Å². The third-order valence-corrected chi connectivity index (χ3v) is 1.01. The largest absolute Gasteiger partial charge is 0.478 e. The number of esters is 2. The SMILES string of the molecule is CC(=O)OC(C)=O.O=C(O)C(Cl)(Cl)Cl. The number of alkyl halides is 3. The Hall–Kier alpha value is -0.520. The number of rotatable bonds is 0. The molecule has 1 N–H and O–H groups in total. The predicted octanol–water partition coefficient (Wildman–Crippen LogP) is 1.54. The van der Waals surface area contributed by atoms with Gasteiger partial charge >= 0.3 is 17.9 Å². The molecule has 0 amide bonds. The zero-order valence-electron chi connectivity index (χ0n) is 7.21. The van der Waals surface area contributed by atoms with E-state index in [4.69, 9.17) is 39.9 Å². The van der Waals surface area contributed by atoms with E-state index in [2.05, 4.69) is 4.74 Å². The minimum atomic E-state index is -2.17. The molecule has 0 aliphatic carbocycles. The maximum Gasteiger partial charge on any atom is 0.356 e. The lowest BCUT2D eigenvalue weighted by Crippen LogP contribution is -2.16. The van der Waals surface area contributed by atoms with Crippen LogP contribution >= 0.6 is 34.8 Å². The van der Waals surface area contributed by atoms with Crippen molar-refractivity contribution in [2.45, 2.75) is 17.6 Å². The number of aliphatic carboxylic acids is 1. The van der Waals surface area contributed by atoms with Crippen LogP contribution in [0.5, 0.6) is 0 Å². The number of carbonyl (C=O) groups excluding carboxylic acids is 2. The highest BCUT2D eigenvalue weighted by Crippen LogP contribution is 2.25. The number of carboxylic acid groups (broad SMARTS) is 1. The van der Waals surface area contributed by atoms with Crippen LogP contribution in [0.15, 0.2) is 0 Å². The Labute approximate surface area is 94.9 Å². The molecule has 5 nitrogen and oxygen atoms in total. The van der Waals surface area contributed by atoms with Gasteiger partial charge in [-0.15, -0.1) is 0 Å². The van der Waals surface area contributed by atoms with Crippen LogP contribution in [0.2, 0.25) is 0 Å². The summed E-state index contributed by atoms with van der Waals surface area (Å²) >= 11 is 14.4. The van der Waals surface area contributed by atoms with E-state index in [9.17, 15) is 14.4 Å². The van der Waals surface area contributed by atoms with Crippen LogP contribution in [-0.2, 0) is 19.1 Å². The summed E-state index contributed by atoms with van der Waals surface area (Å²) in [6.45, 7) is 2.36. The van der Waals surface area contributed by atoms with Gasteiger partial charge in [0.15, 0.2) is 0 Å². The lowest BCUT2D eigenvalue weighted by Gasteiger charge is -1.99. The van der Waals surface area contributed by atoms with Crippen LogP contribution < -0.4 is 0 Å². The quantitative estimate of drug-likeness (QED) is 0.408. The van der Waals surface area contributed by atoms with Crippen LogP contribution in [0.1, 0.15) is 13.8 Å². The molecule has 0 unspecified atom stereocenters. The van der Waals surface area contributed by atoms with Crippen molar-refractivity contribution in [2.24, 2.45) is 0 Å². The van der Waals surface area contributed by atoms with Gasteiger partial charge < -0.3 is 9.84 Å². The number of ether oxygens (including phenoxy) is 1. The van der Waals surface area contributed by atoms with Gasteiger partial charge in [-0.3, -0.25) is 9.59 Å². The molecular formula is C6H7Cl3O5. The number of hydrogen-bond donors (Lipinski definition) is 1. The number of carboxylic acids is 1. The van der Waals surface area contributed by atoms with Gasteiger partial charge in [0.1, 0.15) is 0 Å². The maximum atomic E-state index is 9.81. The summed E-state index contributed by atoms with van der Waals surface area (Å²) < 4.78 is 1.81. The Morgan fingerprint density at radius 3 is 1.29 bits per heavy atom. The normalized spacial score (nSPS) is 9.50. The minimum absolute atomic E-state index is 0.562. The first kappa shape index (κ1) is 15.9. The van der Waals surface area contributed by atoms with Crippen molar-refractivity contribution in [1.82, 2.24) is 0 Å². The molecule has 0 saturated carbocycles. The molecule has 0 atom stereocenters. The Morgan fingerprint density at radius 2 is 1.29 bits per heavy atom. The van der Waals surface area contributed by atoms with E-state index in [-0.39, 0.29) is 0 Å². The molecule has 0 radical (unpaired) electrons. The monoisotopic (exact) mass is 264 g/mol. The van der Waals surface area contributed by atoms with Gasteiger partial charge in [0, 0.05) is 13.8 Å². The zero-order chi connectivity index (χ0) is 11.9. The first-order valence-electron chi connectivity index (χ1n) is 3.06. The van der Waals surface area contributed by atoms with E-state index < -0.39 is 21.7 Å². The highest BCUT2D eigenvalue weighted by molar-refractivity contribution is 6.75. The molecule has 0 aromatic heterocycles. The fourth-order valence-corrected chi connectivity index (χ4v) is 0.202. The molecule has 82 valence electrons. The molecule has 0 aliphatic heterocycles. The molecule has 14 heavy (non-hydrogen) atoms. The molecule has 0 spiro atoms. The fraction of sp³-hybridized carbons (Fsp3) is 0.500. The maximum absolute atomic E-state index is 9.81. The summed E-state index contributed by atoms with van der Waals surface area (Å²) in [5.41, 5.74) is 0. The Balaban J connectivity index is 0. The molecule has 0 saturated heterocycles. The smallest absolute Gasteiger partial charge is 0.356 e. The van der Waals surface area contributed by atoms with E-state index in [1.54, 1.807) is 0 Å².